The van der Waals surface area contributed by atoms with Crippen LogP contribution in [-0.2, 0) is 6.54 Å². The molecule has 26 heavy (non-hydrogen) atoms. The summed E-state index contributed by atoms with van der Waals surface area (Å²) in [6, 6.07) is 16.0. The van der Waals surface area contributed by atoms with Crippen LogP contribution >= 0.6 is 0 Å². The van der Waals surface area contributed by atoms with Gasteiger partial charge < -0.3 is 10.2 Å². The van der Waals surface area contributed by atoms with Crippen molar-refractivity contribution in [1.29, 1.82) is 0 Å². The van der Waals surface area contributed by atoms with Gasteiger partial charge >= 0.3 is 0 Å². The van der Waals surface area contributed by atoms with Gasteiger partial charge in [0.15, 0.2) is 0 Å². The van der Waals surface area contributed by atoms with E-state index in [4.69, 9.17) is 0 Å². The Morgan fingerprint density at radius 3 is 2.31 bits per heavy atom. The summed E-state index contributed by atoms with van der Waals surface area (Å²) < 4.78 is 0. The number of hydrogen-bond donors (Lipinski definition) is 1. The highest BCUT2D eigenvalue weighted by atomic mass is 16.1. The molecule has 3 rings (SSSR count). The van der Waals surface area contributed by atoms with Gasteiger partial charge in [-0.05, 0) is 55.8 Å². The maximum atomic E-state index is 12.7. The summed E-state index contributed by atoms with van der Waals surface area (Å²) in [6.45, 7) is 9.46. The summed E-state index contributed by atoms with van der Waals surface area (Å²) in [5.41, 5.74) is 3.95. The predicted molar refractivity (Wildman–Crippen MR) is 109 cm³/mol. The normalized spacial score (nSPS) is 14.0. The van der Waals surface area contributed by atoms with E-state index in [0.29, 0.717) is 5.56 Å². The highest BCUT2D eigenvalue weighted by molar-refractivity contribution is 6.06. The Morgan fingerprint density at radius 1 is 1.00 bits per heavy atom. The standard InChI is InChI=1S/C22H29N3O/c1-3-24(4-2)17-18-11-13-19(14-12-18)22(26)23-20-9-5-6-10-21(20)25-15-7-8-16-25/h5-6,9-14H,3-4,7-8,15-17H2,1-2H3,(H,23,26). The van der Waals surface area contributed by atoms with Gasteiger partial charge in [0.2, 0.25) is 0 Å². The Morgan fingerprint density at radius 2 is 1.65 bits per heavy atom. The minimum Gasteiger partial charge on any atom is -0.370 e. The van der Waals surface area contributed by atoms with Gasteiger partial charge in [0.25, 0.3) is 5.91 Å². The second kappa shape index (κ2) is 8.86. The molecule has 1 aliphatic rings. The van der Waals surface area contributed by atoms with Crippen molar-refractivity contribution in [2.24, 2.45) is 0 Å². The minimum absolute atomic E-state index is 0.0500. The molecule has 1 amide bonds. The number of benzene rings is 2. The topological polar surface area (TPSA) is 35.6 Å². The zero-order valence-corrected chi connectivity index (χ0v) is 15.9. The molecule has 1 aliphatic heterocycles. The van der Waals surface area contributed by atoms with Crippen LogP contribution in [0, 0.1) is 0 Å². The Labute approximate surface area is 156 Å². The molecule has 0 unspecified atom stereocenters. The molecule has 1 heterocycles. The number of hydrogen-bond acceptors (Lipinski definition) is 3. The average molecular weight is 351 g/mol. The molecule has 2 aromatic carbocycles. The molecule has 1 N–H and O–H groups in total. The van der Waals surface area contributed by atoms with Crippen LogP contribution in [0.25, 0.3) is 0 Å². The summed E-state index contributed by atoms with van der Waals surface area (Å²) in [7, 11) is 0. The van der Waals surface area contributed by atoms with Gasteiger partial charge in [-0.1, -0.05) is 38.1 Å². The number of nitrogens with zero attached hydrogens (tertiary/aromatic N) is 2. The van der Waals surface area contributed by atoms with E-state index in [9.17, 15) is 4.79 Å². The molecule has 0 saturated carbocycles. The Balaban J connectivity index is 1.69. The molecule has 1 saturated heterocycles. The van der Waals surface area contributed by atoms with Crippen molar-refractivity contribution >= 4 is 17.3 Å². The molecule has 0 atom stereocenters. The van der Waals surface area contributed by atoms with E-state index in [1.807, 2.05) is 30.3 Å². The third kappa shape index (κ3) is 4.44. The van der Waals surface area contributed by atoms with Gasteiger partial charge in [-0.25, -0.2) is 0 Å². The van der Waals surface area contributed by atoms with Crippen molar-refractivity contribution in [2.45, 2.75) is 33.2 Å². The van der Waals surface area contributed by atoms with E-state index >= 15 is 0 Å². The van der Waals surface area contributed by atoms with Crippen LogP contribution in [0.5, 0.6) is 0 Å². The van der Waals surface area contributed by atoms with Gasteiger partial charge in [-0.3, -0.25) is 9.69 Å². The van der Waals surface area contributed by atoms with Gasteiger partial charge in [0.05, 0.1) is 11.4 Å². The lowest BCUT2D eigenvalue weighted by molar-refractivity contribution is 0.102. The summed E-state index contributed by atoms with van der Waals surface area (Å²) in [5.74, 6) is -0.0500. The summed E-state index contributed by atoms with van der Waals surface area (Å²) in [6.07, 6.45) is 2.44. The first-order valence-electron chi connectivity index (χ1n) is 9.68. The van der Waals surface area contributed by atoms with Crippen molar-refractivity contribution < 1.29 is 4.79 Å². The van der Waals surface area contributed by atoms with Gasteiger partial charge in [0.1, 0.15) is 0 Å². The van der Waals surface area contributed by atoms with Crippen molar-refractivity contribution in [1.82, 2.24) is 4.90 Å². The van der Waals surface area contributed by atoms with E-state index in [1.54, 1.807) is 0 Å². The molecule has 0 radical (unpaired) electrons. The molecule has 138 valence electrons. The van der Waals surface area contributed by atoms with Crippen molar-refractivity contribution in [3.05, 3.63) is 59.7 Å². The van der Waals surface area contributed by atoms with E-state index in [-0.39, 0.29) is 5.91 Å². The molecule has 1 fully saturated rings. The fraction of sp³-hybridized carbons (Fsp3) is 0.409. The monoisotopic (exact) mass is 351 g/mol. The maximum Gasteiger partial charge on any atom is 0.255 e. The smallest absolute Gasteiger partial charge is 0.255 e. The Kier molecular flexibility index (Phi) is 6.29. The van der Waals surface area contributed by atoms with Crippen LogP contribution in [0.15, 0.2) is 48.5 Å². The molecule has 2 aromatic rings. The molecule has 4 heteroatoms. The van der Waals surface area contributed by atoms with Gasteiger partial charge in [-0.15, -0.1) is 0 Å². The van der Waals surface area contributed by atoms with Crippen LogP contribution in [0.4, 0.5) is 11.4 Å². The lowest BCUT2D eigenvalue weighted by Crippen LogP contribution is -2.22. The third-order valence-corrected chi connectivity index (χ3v) is 5.12. The predicted octanol–water partition coefficient (Wildman–Crippen LogP) is 4.38. The molecular formula is C22H29N3O. The van der Waals surface area contributed by atoms with Crippen LogP contribution < -0.4 is 10.2 Å². The highest BCUT2D eigenvalue weighted by Gasteiger charge is 2.17. The summed E-state index contributed by atoms with van der Waals surface area (Å²) >= 11 is 0. The summed E-state index contributed by atoms with van der Waals surface area (Å²) in [5, 5.41) is 3.10. The Hall–Kier alpha value is -2.33. The quantitative estimate of drug-likeness (QED) is 0.804. The molecule has 0 spiro atoms. The van der Waals surface area contributed by atoms with Gasteiger partial charge in [-0.2, -0.15) is 0 Å². The largest absolute Gasteiger partial charge is 0.370 e. The SMILES string of the molecule is CCN(CC)Cc1ccc(C(=O)Nc2ccccc2N2CCCC2)cc1. The summed E-state index contributed by atoms with van der Waals surface area (Å²) in [4.78, 5) is 17.4. The average Bonchev–Trinajstić information content (AvgIpc) is 3.21. The zero-order chi connectivity index (χ0) is 18.4. The number of para-hydroxylation sites is 2. The third-order valence-electron chi connectivity index (χ3n) is 5.12. The second-order valence-electron chi connectivity index (χ2n) is 6.82. The van der Waals surface area contributed by atoms with Crippen LogP contribution in [0.2, 0.25) is 0 Å². The van der Waals surface area contributed by atoms with Gasteiger partial charge in [0, 0.05) is 25.2 Å². The first kappa shape index (κ1) is 18.5. The van der Waals surface area contributed by atoms with Crippen molar-refractivity contribution in [3.8, 4) is 0 Å². The van der Waals surface area contributed by atoms with Crippen molar-refractivity contribution in [3.63, 3.8) is 0 Å². The lowest BCUT2D eigenvalue weighted by atomic mass is 10.1. The number of anilines is 2. The van der Waals surface area contributed by atoms with Crippen LogP contribution in [0.1, 0.15) is 42.6 Å². The minimum atomic E-state index is -0.0500. The first-order chi connectivity index (χ1) is 12.7. The number of amides is 1. The van der Waals surface area contributed by atoms with E-state index in [0.717, 1.165) is 44.1 Å². The van der Waals surface area contributed by atoms with Crippen molar-refractivity contribution in [2.75, 3.05) is 36.4 Å². The first-order valence-corrected chi connectivity index (χ1v) is 9.68. The Bertz CT molecular complexity index is 716. The fourth-order valence-electron chi connectivity index (χ4n) is 3.47. The molecule has 4 nitrogen and oxygen atoms in total. The van der Waals surface area contributed by atoms with E-state index < -0.39 is 0 Å². The van der Waals surface area contributed by atoms with E-state index in [1.165, 1.54) is 18.4 Å². The van der Waals surface area contributed by atoms with E-state index in [2.05, 4.69) is 47.2 Å². The molecular weight excluding hydrogens is 322 g/mol. The van der Waals surface area contributed by atoms with Crippen LogP contribution in [-0.4, -0.2) is 37.0 Å². The molecule has 0 bridgehead atoms. The second-order valence-corrected chi connectivity index (χ2v) is 6.82. The fourth-order valence-corrected chi connectivity index (χ4v) is 3.47. The highest BCUT2D eigenvalue weighted by Crippen LogP contribution is 2.29. The number of rotatable bonds is 7. The number of carbonyl (C=O) groups is 1. The lowest BCUT2D eigenvalue weighted by Gasteiger charge is -2.21. The molecule has 0 aromatic heterocycles. The molecule has 0 aliphatic carbocycles. The van der Waals surface area contributed by atoms with Crippen LogP contribution in [0.3, 0.4) is 0 Å². The number of nitrogens with one attached hydrogen (secondary N) is 1. The number of carbonyl (C=O) groups excluding carboxylic acids is 1. The zero-order valence-electron chi connectivity index (χ0n) is 15.9. The maximum absolute atomic E-state index is 12.7.